The molecule has 0 atom stereocenters. The minimum Gasteiger partial charge on any atom is -0.471 e. The monoisotopic (exact) mass is 540 g/mol. The van der Waals surface area contributed by atoms with E-state index >= 15 is 0 Å². The number of allylic oxidation sites excluding steroid dienone is 2. The molecule has 2 heterocycles. The van der Waals surface area contributed by atoms with Gasteiger partial charge in [-0.05, 0) is 36.6 Å². The van der Waals surface area contributed by atoms with Crippen LogP contribution in [-0.2, 0) is 7.05 Å². The fraction of sp³-hybridized carbons (Fsp3) is 0.400. The molecule has 1 N–H and O–H groups in total. The Hall–Kier alpha value is -2.78. The third kappa shape index (κ3) is 6.13. The highest BCUT2D eigenvalue weighted by Crippen LogP contribution is 2.35. The number of pyridine rings is 1. The summed E-state index contributed by atoms with van der Waals surface area (Å²) in [5, 5.41) is 3.02. The van der Waals surface area contributed by atoms with Crippen LogP contribution in [0, 0.1) is 11.7 Å². The molecule has 0 aliphatic heterocycles. The average molecular weight is 541 g/mol. The normalized spacial score (nSPS) is 14.8. The van der Waals surface area contributed by atoms with Gasteiger partial charge in [-0.15, -0.1) is 0 Å². The van der Waals surface area contributed by atoms with Crippen LogP contribution in [0.15, 0.2) is 30.4 Å². The zero-order valence-corrected chi connectivity index (χ0v) is 21.1. The van der Waals surface area contributed by atoms with E-state index in [1.807, 2.05) is 6.08 Å². The summed E-state index contributed by atoms with van der Waals surface area (Å²) in [6, 6.07) is 3.66. The quantitative estimate of drug-likeness (QED) is 0.224. The van der Waals surface area contributed by atoms with Crippen LogP contribution in [0.3, 0.4) is 0 Å². The molecule has 2 aromatic heterocycles. The molecule has 11 heteroatoms. The number of rotatable bonds is 9. The van der Waals surface area contributed by atoms with E-state index in [-0.39, 0.29) is 38.8 Å². The van der Waals surface area contributed by atoms with Crippen LogP contribution < -0.4 is 10.1 Å². The van der Waals surface area contributed by atoms with E-state index in [4.69, 9.17) is 27.9 Å². The number of nitrogens with zero attached hydrogens (tertiary/aromatic N) is 3. The van der Waals surface area contributed by atoms with Crippen LogP contribution in [0.5, 0.6) is 5.88 Å². The van der Waals surface area contributed by atoms with Crippen molar-refractivity contribution in [2.45, 2.75) is 45.0 Å². The zero-order valence-electron chi connectivity index (χ0n) is 19.5. The van der Waals surface area contributed by atoms with Gasteiger partial charge >= 0.3 is 0 Å². The number of aromatic nitrogens is 3. The summed E-state index contributed by atoms with van der Waals surface area (Å²) >= 11 is 12.2. The number of anilines is 2. The van der Waals surface area contributed by atoms with Crippen molar-refractivity contribution in [3.63, 3.8) is 0 Å². The van der Waals surface area contributed by atoms with Gasteiger partial charge in [-0.1, -0.05) is 61.4 Å². The fourth-order valence-corrected chi connectivity index (χ4v) is 4.84. The molecule has 0 spiro atoms. The number of imidazole rings is 1. The molecule has 36 heavy (non-hydrogen) atoms. The molecule has 1 aliphatic carbocycles. The predicted octanol–water partition coefficient (Wildman–Crippen LogP) is 7.51. The first-order valence-electron chi connectivity index (χ1n) is 11.6. The van der Waals surface area contributed by atoms with Crippen molar-refractivity contribution in [3.05, 3.63) is 51.8 Å². The van der Waals surface area contributed by atoms with Gasteiger partial charge < -0.3 is 10.1 Å². The molecule has 1 saturated carbocycles. The first-order chi connectivity index (χ1) is 17.2. The Morgan fingerprint density at radius 2 is 1.89 bits per heavy atom. The van der Waals surface area contributed by atoms with E-state index in [1.165, 1.54) is 36.0 Å². The molecular formula is C25H25Cl2F3N4O2. The van der Waals surface area contributed by atoms with Crippen molar-refractivity contribution in [1.82, 2.24) is 14.5 Å². The number of ketones is 1. The van der Waals surface area contributed by atoms with Crippen molar-refractivity contribution in [2.75, 3.05) is 11.9 Å². The third-order valence-corrected chi connectivity index (χ3v) is 6.72. The van der Waals surface area contributed by atoms with E-state index in [9.17, 15) is 18.0 Å². The summed E-state index contributed by atoms with van der Waals surface area (Å²) < 4.78 is 46.0. The van der Waals surface area contributed by atoms with Crippen LogP contribution in [-0.4, -0.2) is 33.4 Å². The van der Waals surface area contributed by atoms with Crippen molar-refractivity contribution < 1.29 is 22.7 Å². The molecule has 1 fully saturated rings. The largest absolute Gasteiger partial charge is 0.471 e. The van der Waals surface area contributed by atoms with E-state index in [0.29, 0.717) is 11.4 Å². The number of aryl methyl sites for hydroxylation is 1. The van der Waals surface area contributed by atoms with E-state index in [0.717, 1.165) is 31.4 Å². The minimum absolute atomic E-state index is 0.0329. The maximum atomic E-state index is 13.5. The lowest BCUT2D eigenvalue weighted by atomic mass is 9.87. The number of nitrogens with one attached hydrogen (secondary N) is 1. The maximum Gasteiger partial charge on any atom is 0.272 e. The first kappa shape index (κ1) is 26.3. The van der Waals surface area contributed by atoms with Gasteiger partial charge in [0, 0.05) is 7.05 Å². The van der Waals surface area contributed by atoms with Crippen molar-refractivity contribution in [2.24, 2.45) is 13.0 Å². The molecule has 0 radical (unpaired) electrons. The van der Waals surface area contributed by atoms with Crippen LogP contribution in [0.25, 0.3) is 11.2 Å². The molecule has 0 amide bonds. The highest BCUT2D eigenvalue weighted by Gasteiger charge is 2.21. The van der Waals surface area contributed by atoms with Crippen LogP contribution in [0.2, 0.25) is 10.0 Å². The highest BCUT2D eigenvalue weighted by molar-refractivity contribution is 6.39. The molecule has 1 aromatic carbocycles. The summed E-state index contributed by atoms with van der Waals surface area (Å²) in [4.78, 5) is 21.7. The standard InChI is InChI=1S/C25H25Cl2F3N4O2/c1-34-23-19(31-25(34)32-22-17(26)10-15(28)11-18(22)27)12-16(24(33-23)36-13-21(29)30)20(35)9-5-8-14-6-3-2-4-7-14/h5,9-12,14,21H,2-4,6-8,13H2,1H3,(H,31,32). The Labute approximate surface area is 216 Å². The van der Waals surface area contributed by atoms with Crippen molar-refractivity contribution >= 4 is 51.8 Å². The Balaban J connectivity index is 1.65. The van der Waals surface area contributed by atoms with Gasteiger partial charge in [0.05, 0.1) is 21.3 Å². The Morgan fingerprint density at radius 3 is 2.56 bits per heavy atom. The Morgan fingerprint density at radius 1 is 1.19 bits per heavy atom. The summed E-state index contributed by atoms with van der Waals surface area (Å²) in [6.07, 6.45) is 7.23. The molecule has 6 nitrogen and oxygen atoms in total. The van der Waals surface area contributed by atoms with Gasteiger partial charge in [0.25, 0.3) is 6.43 Å². The van der Waals surface area contributed by atoms with Gasteiger partial charge in [-0.3, -0.25) is 9.36 Å². The number of ether oxygens (including phenoxy) is 1. The SMILES string of the molecule is Cn1c(Nc2c(Cl)cc(F)cc2Cl)nc2cc(C(=O)C=CCC3CCCCC3)c(OCC(F)F)nc21. The second-order valence-corrected chi connectivity index (χ2v) is 9.57. The number of hydrogen-bond donors (Lipinski definition) is 1. The highest BCUT2D eigenvalue weighted by atomic mass is 35.5. The van der Waals surface area contributed by atoms with Crippen molar-refractivity contribution in [3.8, 4) is 5.88 Å². The Bertz CT molecular complexity index is 1270. The number of benzene rings is 1. The lowest BCUT2D eigenvalue weighted by Gasteiger charge is -2.19. The van der Waals surface area contributed by atoms with Gasteiger partial charge in [0.2, 0.25) is 11.8 Å². The van der Waals surface area contributed by atoms with Crippen molar-refractivity contribution in [1.29, 1.82) is 0 Å². The number of fused-ring (bicyclic) bond motifs is 1. The lowest BCUT2D eigenvalue weighted by molar-refractivity contribution is 0.0783. The molecule has 0 saturated heterocycles. The van der Waals surface area contributed by atoms with Gasteiger partial charge in [-0.2, -0.15) is 4.98 Å². The molecular weight excluding hydrogens is 516 g/mol. The summed E-state index contributed by atoms with van der Waals surface area (Å²) in [6.45, 7) is -0.908. The van der Waals surface area contributed by atoms with Gasteiger partial charge in [0.15, 0.2) is 18.0 Å². The molecule has 3 aromatic rings. The second kappa shape index (κ2) is 11.5. The molecule has 4 rings (SSSR count). The Kier molecular flexibility index (Phi) is 8.41. The predicted molar refractivity (Wildman–Crippen MR) is 134 cm³/mol. The first-order valence-corrected chi connectivity index (χ1v) is 12.4. The third-order valence-electron chi connectivity index (χ3n) is 6.13. The van der Waals surface area contributed by atoms with Gasteiger partial charge in [0.1, 0.15) is 11.3 Å². The molecule has 0 unspecified atom stereocenters. The van der Waals surface area contributed by atoms with E-state index < -0.39 is 24.6 Å². The molecule has 1 aliphatic rings. The number of carbonyl (C=O) groups excluding carboxylic acids is 1. The van der Waals surface area contributed by atoms with Crippen LogP contribution >= 0.6 is 23.2 Å². The summed E-state index contributed by atoms with van der Waals surface area (Å²) in [5.41, 5.74) is 0.862. The fourth-order valence-electron chi connectivity index (χ4n) is 4.29. The second-order valence-electron chi connectivity index (χ2n) is 8.76. The van der Waals surface area contributed by atoms with E-state index in [1.54, 1.807) is 7.05 Å². The number of alkyl halides is 2. The minimum atomic E-state index is -2.74. The maximum absolute atomic E-state index is 13.5. The zero-order chi connectivity index (χ0) is 25.8. The van der Waals surface area contributed by atoms with E-state index in [2.05, 4.69) is 15.3 Å². The van der Waals surface area contributed by atoms with Crippen LogP contribution in [0.1, 0.15) is 48.9 Å². The van der Waals surface area contributed by atoms with Crippen LogP contribution in [0.4, 0.5) is 24.8 Å². The summed E-state index contributed by atoms with van der Waals surface area (Å²) in [5.74, 6) is -0.419. The number of carbonyl (C=O) groups is 1. The number of hydrogen-bond acceptors (Lipinski definition) is 5. The smallest absolute Gasteiger partial charge is 0.272 e. The number of halogens is 5. The average Bonchev–Trinajstić information content (AvgIpc) is 3.14. The topological polar surface area (TPSA) is 69.0 Å². The molecule has 0 bridgehead atoms. The molecule has 192 valence electrons. The van der Waals surface area contributed by atoms with Gasteiger partial charge in [-0.25, -0.2) is 18.2 Å². The summed E-state index contributed by atoms with van der Waals surface area (Å²) in [7, 11) is 1.62. The lowest BCUT2D eigenvalue weighted by Crippen LogP contribution is -2.12.